The predicted octanol–water partition coefficient (Wildman–Crippen LogP) is 0.856. The van der Waals surface area contributed by atoms with Crippen molar-refractivity contribution < 1.29 is 4.92 Å². The summed E-state index contributed by atoms with van der Waals surface area (Å²) in [5.41, 5.74) is 5.52. The lowest BCUT2D eigenvalue weighted by atomic mass is 10.1. The highest BCUT2D eigenvalue weighted by Gasteiger charge is 2.31. The summed E-state index contributed by atoms with van der Waals surface area (Å²) in [6.45, 7) is 4.06. The van der Waals surface area contributed by atoms with Crippen molar-refractivity contribution in [2.75, 3.05) is 36.8 Å². The number of piperazine rings is 1. The van der Waals surface area contributed by atoms with E-state index in [2.05, 4.69) is 14.8 Å². The van der Waals surface area contributed by atoms with Crippen LogP contribution in [0.3, 0.4) is 0 Å². The molecule has 1 unspecified atom stereocenters. The van der Waals surface area contributed by atoms with Crippen LogP contribution >= 0.6 is 0 Å². The molecule has 7 heteroatoms. The molecule has 0 aliphatic carbocycles. The molecular formula is C12H17N5O2. The second kappa shape index (κ2) is 4.65. The molecule has 0 radical (unpaired) electrons. The van der Waals surface area contributed by atoms with Gasteiger partial charge < -0.3 is 10.6 Å². The Labute approximate surface area is 111 Å². The number of anilines is 2. The molecule has 2 fully saturated rings. The van der Waals surface area contributed by atoms with Crippen LogP contribution in [0.25, 0.3) is 0 Å². The van der Waals surface area contributed by atoms with Crippen molar-refractivity contribution in [3.63, 3.8) is 0 Å². The molecule has 3 heterocycles. The highest BCUT2D eigenvalue weighted by Crippen LogP contribution is 2.27. The Morgan fingerprint density at radius 3 is 2.95 bits per heavy atom. The van der Waals surface area contributed by atoms with E-state index in [1.807, 2.05) is 0 Å². The maximum atomic E-state index is 10.7. The first-order valence-corrected chi connectivity index (χ1v) is 6.55. The van der Waals surface area contributed by atoms with Gasteiger partial charge >= 0.3 is 5.69 Å². The van der Waals surface area contributed by atoms with Crippen molar-refractivity contribution in [2.24, 2.45) is 0 Å². The number of nitrogens with two attached hydrogens (primary N) is 1. The van der Waals surface area contributed by atoms with E-state index in [4.69, 9.17) is 5.73 Å². The summed E-state index contributed by atoms with van der Waals surface area (Å²) in [6, 6.07) is 3.73. The second-order valence-corrected chi connectivity index (χ2v) is 5.11. The van der Waals surface area contributed by atoms with E-state index in [-0.39, 0.29) is 11.5 Å². The van der Waals surface area contributed by atoms with Crippen molar-refractivity contribution in [1.82, 2.24) is 9.88 Å². The van der Waals surface area contributed by atoms with E-state index in [1.165, 1.54) is 25.5 Å². The Kier molecular flexibility index (Phi) is 2.98. The van der Waals surface area contributed by atoms with Gasteiger partial charge in [-0.1, -0.05) is 0 Å². The molecule has 1 aromatic rings. The topological polar surface area (TPSA) is 88.5 Å². The minimum Gasteiger partial charge on any atom is -0.378 e. The average molecular weight is 263 g/mol. The van der Waals surface area contributed by atoms with Gasteiger partial charge in [0.15, 0.2) is 0 Å². The molecule has 2 N–H and O–H groups in total. The molecule has 19 heavy (non-hydrogen) atoms. The quantitative estimate of drug-likeness (QED) is 0.628. The third-order valence-corrected chi connectivity index (χ3v) is 4.00. The first-order valence-electron chi connectivity index (χ1n) is 6.55. The van der Waals surface area contributed by atoms with Crippen molar-refractivity contribution in [1.29, 1.82) is 0 Å². The fourth-order valence-corrected chi connectivity index (χ4v) is 2.99. The number of hydrogen-bond donors (Lipinski definition) is 1. The van der Waals surface area contributed by atoms with Crippen molar-refractivity contribution in [3.8, 4) is 0 Å². The third kappa shape index (κ3) is 2.21. The lowest BCUT2D eigenvalue weighted by molar-refractivity contribution is -0.384. The summed E-state index contributed by atoms with van der Waals surface area (Å²) in [6.07, 6.45) is 2.48. The van der Waals surface area contributed by atoms with Crippen LogP contribution in [0.15, 0.2) is 12.1 Å². The number of rotatable bonds is 2. The lowest BCUT2D eigenvalue weighted by Gasteiger charge is -2.38. The van der Waals surface area contributed by atoms with Gasteiger partial charge in [0.1, 0.15) is 5.82 Å². The lowest BCUT2D eigenvalue weighted by Crippen LogP contribution is -2.50. The van der Waals surface area contributed by atoms with Gasteiger partial charge in [0.25, 0.3) is 0 Å². The highest BCUT2D eigenvalue weighted by molar-refractivity contribution is 5.58. The molecule has 2 aliphatic heterocycles. The fraction of sp³-hybridized carbons (Fsp3) is 0.583. The van der Waals surface area contributed by atoms with E-state index in [9.17, 15) is 10.1 Å². The number of nitro groups is 1. The summed E-state index contributed by atoms with van der Waals surface area (Å²) >= 11 is 0. The number of nitrogen functional groups attached to an aromatic ring is 1. The van der Waals surface area contributed by atoms with Crippen LogP contribution in [-0.4, -0.2) is 47.0 Å². The zero-order chi connectivity index (χ0) is 13.4. The number of fused-ring (bicyclic) bond motifs is 1. The molecule has 0 amide bonds. The van der Waals surface area contributed by atoms with Gasteiger partial charge in [-0.05, 0) is 25.5 Å². The second-order valence-electron chi connectivity index (χ2n) is 5.11. The molecule has 1 aromatic heterocycles. The minimum absolute atomic E-state index is 0.00338. The van der Waals surface area contributed by atoms with Crippen LogP contribution < -0.4 is 10.6 Å². The monoisotopic (exact) mass is 263 g/mol. The maximum absolute atomic E-state index is 10.7. The molecule has 7 nitrogen and oxygen atoms in total. The summed E-state index contributed by atoms with van der Waals surface area (Å²) < 4.78 is 0. The number of hydrogen-bond acceptors (Lipinski definition) is 6. The molecule has 3 rings (SSSR count). The van der Waals surface area contributed by atoms with E-state index < -0.39 is 4.92 Å². The summed E-state index contributed by atoms with van der Waals surface area (Å²) in [5, 5.41) is 10.7. The summed E-state index contributed by atoms with van der Waals surface area (Å²) in [4.78, 5) is 19.1. The first kappa shape index (κ1) is 12.2. The maximum Gasteiger partial charge on any atom is 0.311 e. The molecule has 102 valence electrons. The van der Waals surface area contributed by atoms with Crippen LogP contribution in [0, 0.1) is 10.1 Å². The van der Waals surface area contributed by atoms with Crippen molar-refractivity contribution in [2.45, 2.75) is 18.9 Å². The van der Waals surface area contributed by atoms with Crippen molar-refractivity contribution >= 4 is 17.3 Å². The molecule has 0 aromatic carbocycles. The zero-order valence-electron chi connectivity index (χ0n) is 10.7. The zero-order valence-corrected chi connectivity index (χ0v) is 10.7. The largest absolute Gasteiger partial charge is 0.378 e. The van der Waals surface area contributed by atoms with Gasteiger partial charge in [-0.3, -0.25) is 15.0 Å². The van der Waals surface area contributed by atoms with Crippen LogP contribution in [0.5, 0.6) is 0 Å². The number of nitrogens with zero attached hydrogens (tertiary/aromatic N) is 4. The molecule has 1 atom stereocenters. The van der Waals surface area contributed by atoms with Gasteiger partial charge in [0.05, 0.1) is 4.92 Å². The molecule has 2 aliphatic rings. The minimum atomic E-state index is -0.499. The Balaban J connectivity index is 1.79. The smallest absolute Gasteiger partial charge is 0.311 e. The standard InChI is InChI=1S/C12H17N5O2/c13-12-10(17(18)19)3-4-11(14-12)16-7-6-15-5-1-2-9(15)8-16/h3-4,9H,1-2,5-8H2,(H2,13,14). The van der Waals surface area contributed by atoms with E-state index in [1.54, 1.807) is 6.07 Å². The fourth-order valence-electron chi connectivity index (χ4n) is 2.99. The highest BCUT2D eigenvalue weighted by atomic mass is 16.6. The van der Waals surface area contributed by atoms with Gasteiger partial charge in [-0.15, -0.1) is 0 Å². The molecular weight excluding hydrogens is 246 g/mol. The van der Waals surface area contributed by atoms with Crippen LogP contribution in [0.1, 0.15) is 12.8 Å². The van der Waals surface area contributed by atoms with Gasteiger partial charge in [0.2, 0.25) is 5.82 Å². The Bertz CT molecular complexity index is 507. The van der Waals surface area contributed by atoms with Gasteiger partial charge in [-0.2, -0.15) is 0 Å². The summed E-state index contributed by atoms with van der Waals surface area (Å²) in [7, 11) is 0. The average Bonchev–Trinajstić information content (AvgIpc) is 2.85. The predicted molar refractivity (Wildman–Crippen MR) is 72.1 cm³/mol. The molecule has 0 saturated carbocycles. The van der Waals surface area contributed by atoms with Crippen LogP contribution in [0.4, 0.5) is 17.3 Å². The van der Waals surface area contributed by atoms with E-state index in [0.717, 1.165) is 25.5 Å². The first-order chi connectivity index (χ1) is 9.15. The van der Waals surface area contributed by atoms with Crippen molar-refractivity contribution in [3.05, 3.63) is 22.2 Å². The van der Waals surface area contributed by atoms with Gasteiger partial charge in [0, 0.05) is 31.7 Å². The SMILES string of the molecule is Nc1nc(N2CCN3CCCC3C2)ccc1[N+](=O)[O-]. The molecule has 0 bridgehead atoms. The normalized spacial score (nSPS) is 23.4. The summed E-state index contributed by atoms with van der Waals surface area (Å²) in [5.74, 6) is 0.742. The Morgan fingerprint density at radius 1 is 1.37 bits per heavy atom. The van der Waals surface area contributed by atoms with E-state index in [0.29, 0.717) is 6.04 Å². The van der Waals surface area contributed by atoms with E-state index >= 15 is 0 Å². The third-order valence-electron chi connectivity index (χ3n) is 4.00. The molecule has 2 saturated heterocycles. The van der Waals surface area contributed by atoms with Crippen LogP contribution in [0.2, 0.25) is 0 Å². The Hall–Kier alpha value is -1.89. The molecule has 0 spiro atoms. The number of aromatic nitrogens is 1. The Morgan fingerprint density at radius 2 is 2.21 bits per heavy atom. The van der Waals surface area contributed by atoms with Crippen LogP contribution in [-0.2, 0) is 0 Å². The number of pyridine rings is 1. The van der Waals surface area contributed by atoms with Gasteiger partial charge in [-0.25, -0.2) is 4.98 Å².